The van der Waals surface area contributed by atoms with E-state index in [9.17, 15) is 9.90 Å². The summed E-state index contributed by atoms with van der Waals surface area (Å²) >= 11 is 0. The molecule has 0 heterocycles. The largest absolute Gasteiger partial charge is 0.480 e. The Balaban J connectivity index is 2.82. The van der Waals surface area contributed by atoms with E-state index in [1.807, 2.05) is 57.1 Å². The first kappa shape index (κ1) is 16.5. The summed E-state index contributed by atoms with van der Waals surface area (Å²) in [6.07, 6.45) is -0.731. The molecule has 2 unspecified atom stereocenters. The third-order valence-electron chi connectivity index (χ3n) is 3.30. The SMILES string of the molecule is CC(C)C(NCC(=O)O)C(O)c1ccc(N(C)C)cc1. The van der Waals surface area contributed by atoms with Crippen molar-refractivity contribution >= 4 is 11.7 Å². The second-order valence-electron chi connectivity index (χ2n) is 5.48. The normalized spacial score (nSPS) is 14.1. The molecule has 0 aliphatic rings. The number of rotatable bonds is 7. The molecule has 5 nitrogen and oxygen atoms in total. The van der Waals surface area contributed by atoms with Gasteiger partial charge < -0.3 is 20.4 Å². The van der Waals surface area contributed by atoms with Crippen LogP contribution in [-0.4, -0.2) is 42.9 Å². The lowest BCUT2D eigenvalue weighted by Crippen LogP contribution is -2.41. The molecule has 0 fully saturated rings. The van der Waals surface area contributed by atoms with Gasteiger partial charge in [0.15, 0.2) is 0 Å². The van der Waals surface area contributed by atoms with E-state index < -0.39 is 12.1 Å². The molecule has 2 atom stereocenters. The third kappa shape index (κ3) is 4.51. The van der Waals surface area contributed by atoms with E-state index in [0.717, 1.165) is 11.3 Å². The molecule has 0 aliphatic carbocycles. The first-order chi connectivity index (χ1) is 9.32. The second kappa shape index (κ2) is 7.26. The first-order valence-electron chi connectivity index (χ1n) is 6.73. The zero-order chi connectivity index (χ0) is 15.3. The highest BCUT2D eigenvalue weighted by molar-refractivity contribution is 5.69. The molecule has 0 amide bonds. The summed E-state index contributed by atoms with van der Waals surface area (Å²) in [6.45, 7) is 3.75. The van der Waals surface area contributed by atoms with Crippen molar-refractivity contribution in [3.05, 3.63) is 29.8 Å². The molecule has 0 saturated heterocycles. The molecule has 0 aliphatic heterocycles. The van der Waals surface area contributed by atoms with Crippen molar-refractivity contribution in [2.75, 3.05) is 25.5 Å². The number of aliphatic hydroxyl groups excluding tert-OH is 1. The van der Waals surface area contributed by atoms with Gasteiger partial charge in [-0.15, -0.1) is 0 Å². The van der Waals surface area contributed by atoms with Gasteiger partial charge in [-0.1, -0.05) is 26.0 Å². The number of benzene rings is 1. The Morgan fingerprint density at radius 2 is 1.80 bits per heavy atom. The average Bonchev–Trinajstić information content (AvgIpc) is 2.38. The molecule has 0 spiro atoms. The maximum absolute atomic E-state index is 10.7. The highest BCUT2D eigenvalue weighted by atomic mass is 16.4. The van der Waals surface area contributed by atoms with Gasteiger partial charge in [0, 0.05) is 25.8 Å². The zero-order valence-electron chi connectivity index (χ0n) is 12.5. The van der Waals surface area contributed by atoms with Crippen molar-refractivity contribution in [1.29, 1.82) is 0 Å². The minimum atomic E-state index is -0.925. The lowest BCUT2D eigenvalue weighted by molar-refractivity contribution is -0.136. The second-order valence-corrected chi connectivity index (χ2v) is 5.48. The Labute approximate surface area is 120 Å². The molecule has 5 heteroatoms. The maximum atomic E-state index is 10.7. The minimum Gasteiger partial charge on any atom is -0.480 e. The van der Waals surface area contributed by atoms with E-state index in [4.69, 9.17) is 5.11 Å². The fourth-order valence-corrected chi connectivity index (χ4v) is 2.09. The van der Waals surface area contributed by atoms with Crippen LogP contribution in [0, 0.1) is 5.92 Å². The Hall–Kier alpha value is -1.59. The van der Waals surface area contributed by atoms with Crippen LogP contribution in [0.4, 0.5) is 5.69 Å². The maximum Gasteiger partial charge on any atom is 0.317 e. The van der Waals surface area contributed by atoms with Gasteiger partial charge in [-0.05, 0) is 23.6 Å². The van der Waals surface area contributed by atoms with Crippen LogP contribution in [0.3, 0.4) is 0 Å². The number of aliphatic hydroxyl groups is 1. The Kier molecular flexibility index (Phi) is 5.98. The minimum absolute atomic E-state index is 0.123. The molecule has 0 saturated carbocycles. The quantitative estimate of drug-likeness (QED) is 0.705. The number of nitrogens with zero attached hydrogens (tertiary/aromatic N) is 1. The highest BCUT2D eigenvalue weighted by Gasteiger charge is 2.24. The molecule has 0 radical (unpaired) electrons. The van der Waals surface area contributed by atoms with Crippen molar-refractivity contribution in [3.63, 3.8) is 0 Å². The number of hydrogen-bond donors (Lipinski definition) is 3. The summed E-state index contributed by atoms with van der Waals surface area (Å²) in [6, 6.07) is 7.33. The van der Waals surface area contributed by atoms with Gasteiger partial charge in [0.1, 0.15) is 0 Å². The van der Waals surface area contributed by atoms with E-state index in [0.29, 0.717) is 0 Å². The molecule has 1 rings (SSSR count). The molecule has 0 bridgehead atoms. The fourth-order valence-electron chi connectivity index (χ4n) is 2.09. The highest BCUT2D eigenvalue weighted by Crippen LogP contribution is 2.24. The van der Waals surface area contributed by atoms with Gasteiger partial charge in [0.2, 0.25) is 0 Å². The Bertz CT molecular complexity index is 429. The fraction of sp³-hybridized carbons (Fsp3) is 0.533. The summed E-state index contributed by atoms with van der Waals surface area (Å²) in [5, 5.41) is 22.1. The van der Waals surface area contributed by atoms with E-state index >= 15 is 0 Å². The van der Waals surface area contributed by atoms with Crippen LogP contribution < -0.4 is 10.2 Å². The topological polar surface area (TPSA) is 72.8 Å². The van der Waals surface area contributed by atoms with Gasteiger partial charge in [-0.2, -0.15) is 0 Å². The molecule has 1 aromatic rings. The van der Waals surface area contributed by atoms with Gasteiger partial charge in [-0.25, -0.2) is 0 Å². The Morgan fingerprint density at radius 3 is 2.20 bits per heavy atom. The molecule has 112 valence electrons. The van der Waals surface area contributed by atoms with Gasteiger partial charge in [-0.3, -0.25) is 4.79 Å². The van der Waals surface area contributed by atoms with Crippen LogP contribution in [0.25, 0.3) is 0 Å². The average molecular weight is 280 g/mol. The molecular weight excluding hydrogens is 256 g/mol. The van der Waals surface area contributed by atoms with E-state index in [1.165, 1.54) is 0 Å². The number of nitrogens with one attached hydrogen (secondary N) is 1. The number of carbonyl (C=O) groups is 1. The number of hydrogen-bond acceptors (Lipinski definition) is 4. The number of aliphatic carboxylic acids is 1. The molecule has 20 heavy (non-hydrogen) atoms. The van der Waals surface area contributed by atoms with Crippen LogP contribution in [0.1, 0.15) is 25.5 Å². The Morgan fingerprint density at radius 1 is 1.25 bits per heavy atom. The monoisotopic (exact) mass is 280 g/mol. The molecule has 1 aromatic carbocycles. The van der Waals surface area contributed by atoms with Crippen LogP contribution in [0.15, 0.2) is 24.3 Å². The predicted octanol–water partition coefficient (Wildman–Crippen LogP) is 1.48. The molecular formula is C15H24N2O3. The van der Waals surface area contributed by atoms with Crippen molar-refractivity contribution < 1.29 is 15.0 Å². The van der Waals surface area contributed by atoms with Crippen molar-refractivity contribution in [2.24, 2.45) is 5.92 Å². The molecule has 3 N–H and O–H groups in total. The number of anilines is 1. The van der Waals surface area contributed by atoms with Crippen molar-refractivity contribution in [2.45, 2.75) is 26.0 Å². The smallest absolute Gasteiger partial charge is 0.317 e. The first-order valence-corrected chi connectivity index (χ1v) is 6.73. The summed E-state index contributed by atoms with van der Waals surface area (Å²) in [5.41, 5.74) is 1.84. The van der Waals surface area contributed by atoms with E-state index in [2.05, 4.69) is 5.32 Å². The standard InChI is InChI=1S/C15H24N2O3/c1-10(2)14(16-9-13(18)19)15(20)11-5-7-12(8-6-11)17(3)4/h5-8,10,14-16,20H,9H2,1-4H3,(H,18,19). The number of carboxylic acid groups (broad SMARTS) is 1. The van der Waals surface area contributed by atoms with E-state index in [-0.39, 0.29) is 18.5 Å². The van der Waals surface area contributed by atoms with Gasteiger partial charge >= 0.3 is 5.97 Å². The van der Waals surface area contributed by atoms with Crippen LogP contribution >= 0.6 is 0 Å². The predicted molar refractivity (Wildman–Crippen MR) is 80.0 cm³/mol. The van der Waals surface area contributed by atoms with Crippen molar-refractivity contribution in [3.8, 4) is 0 Å². The summed E-state index contributed by atoms with van der Waals surface area (Å²) < 4.78 is 0. The summed E-state index contributed by atoms with van der Waals surface area (Å²) in [7, 11) is 3.91. The van der Waals surface area contributed by atoms with Crippen LogP contribution in [0.2, 0.25) is 0 Å². The zero-order valence-corrected chi connectivity index (χ0v) is 12.5. The third-order valence-corrected chi connectivity index (χ3v) is 3.30. The van der Waals surface area contributed by atoms with Crippen LogP contribution in [-0.2, 0) is 4.79 Å². The summed E-state index contributed by atoms with van der Waals surface area (Å²) in [4.78, 5) is 12.6. The van der Waals surface area contributed by atoms with Crippen LogP contribution in [0.5, 0.6) is 0 Å². The van der Waals surface area contributed by atoms with Gasteiger partial charge in [0.05, 0.1) is 12.6 Å². The lowest BCUT2D eigenvalue weighted by atomic mass is 9.93. The van der Waals surface area contributed by atoms with Gasteiger partial charge in [0.25, 0.3) is 0 Å². The number of carboxylic acids is 1. The van der Waals surface area contributed by atoms with Crippen molar-refractivity contribution in [1.82, 2.24) is 5.32 Å². The summed E-state index contributed by atoms with van der Waals surface area (Å²) in [5.74, 6) is -0.802. The lowest BCUT2D eigenvalue weighted by Gasteiger charge is -2.27. The molecule has 0 aromatic heterocycles. The van der Waals surface area contributed by atoms with E-state index in [1.54, 1.807) is 0 Å².